The Labute approximate surface area is 180 Å². The monoisotopic (exact) mass is 488 g/mol. The van der Waals surface area contributed by atoms with Crippen LogP contribution in [0.3, 0.4) is 0 Å². The van der Waals surface area contributed by atoms with Crippen LogP contribution in [-0.2, 0) is 4.74 Å². The van der Waals surface area contributed by atoms with Crippen molar-refractivity contribution in [3.8, 4) is 5.75 Å². The molecule has 2 aliphatic heterocycles. The summed E-state index contributed by atoms with van der Waals surface area (Å²) in [6.45, 7) is 8.68. The van der Waals surface area contributed by atoms with Gasteiger partial charge < -0.3 is 20.1 Å². The number of fused-ring (bicyclic) bond motifs is 1. The lowest BCUT2D eigenvalue weighted by Crippen LogP contribution is -2.51. The maximum atomic E-state index is 5.99. The van der Waals surface area contributed by atoms with Gasteiger partial charge in [-0.25, -0.2) is 0 Å². The molecule has 0 bridgehead atoms. The molecule has 3 unspecified atom stereocenters. The number of nitrogens with one attached hydrogen (secondary N) is 2. The van der Waals surface area contributed by atoms with Gasteiger partial charge in [-0.15, -0.1) is 24.0 Å². The Hall–Kier alpha value is -1.06. The van der Waals surface area contributed by atoms with E-state index in [1.165, 1.54) is 24.9 Å². The van der Waals surface area contributed by atoms with E-state index in [-0.39, 0.29) is 36.2 Å². The molecule has 0 radical (unpaired) electrons. The molecule has 0 amide bonds. The summed E-state index contributed by atoms with van der Waals surface area (Å²) in [7, 11) is 1.79. The molecule has 3 rings (SSSR count). The predicted molar refractivity (Wildman–Crippen MR) is 120 cm³/mol. The zero-order valence-corrected chi connectivity index (χ0v) is 18.9. The molecule has 7 heteroatoms. The highest BCUT2D eigenvalue weighted by atomic mass is 127. The fraction of sp³-hybridized carbons (Fsp3) is 0.650. The van der Waals surface area contributed by atoms with Crippen molar-refractivity contribution >= 4 is 29.9 Å². The molecule has 6 nitrogen and oxygen atoms in total. The lowest BCUT2D eigenvalue weighted by Gasteiger charge is -2.35. The number of aliphatic imine (C=N–C) groups is 1. The molecular formula is C20H33IN4O2. The average Bonchev–Trinajstić information content (AvgIpc) is 3.09. The topological polar surface area (TPSA) is 58.1 Å². The lowest BCUT2D eigenvalue weighted by atomic mass is 10.2. The second-order valence-corrected chi connectivity index (χ2v) is 7.33. The van der Waals surface area contributed by atoms with Gasteiger partial charge in [-0.2, -0.15) is 0 Å². The maximum Gasteiger partial charge on any atom is 0.191 e. The lowest BCUT2D eigenvalue weighted by molar-refractivity contribution is -0.0453. The molecule has 2 saturated heterocycles. The Bertz CT molecular complexity index is 613. The summed E-state index contributed by atoms with van der Waals surface area (Å²) >= 11 is 0. The van der Waals surface area contributed by atoms with Crippen molar-refractivity contribution in [3.63, 3.8) is 0 Å². The van der Waals surface area contributed by atoms with Crippen molar-refractivity contribution in [2.45, 2.75) is 44.9 Å². The second-order valence-electron chi connectivity index (χ2n) is 7.33. The van der Waals surface area contributed by atoms with Gasteiger partial charge in [-0.3, -0.25) is 9.89 Å². The third-order valence-corrected chi connectivity index (χ3v) is 5.07. The largest absolute Gasteiger partial charge is 0.489 e. The average molecular weight is 488 g/mol. The van der Waals surface area contributed by atoms with Crippen LogP contribution in [-0.4, -0.2) is 68.9 Å². The number of ether oxygens (including phenoxy) is 2. The van der Waals surface area contributed by atoms with Gasteiger partial charge in [0.15, 0.2) is 5.96 Å². The molecule has 0 spiro atoms. The SMILES string of the molecule is CN=C(NCC(C)Oc1cccc(C)c1)NCC1CN2CCCC2CO1.I. The van der Waals surface area contributed by atoms with Crippen molar-refractivity contribution in [2.24, 2.45) is 4.99 Å². The van der Waals surface area contributed by atoms with Crippen LogP contribution in [0.4, 0.5) is 0 Å². The molecule has 27 heavy (non-hydrogen) atoms. The van der Waals surface area contributed by atoms with E-state index in [1.54, 1.807) is 7.05 Å². The quantitative estimate of drug-likeness (QED) is 0.366. The van der Waals surface area contributed by atoms with E-state index in [0.717, 1.165) is 31.4 Å². The maximum absolute atomic E-state index is 5.99. The summed E-state index contributed by atoms with van der Waals surface area (Å²) in [4.78, 5) is 6.86. The highest BCUT2D eigenvalue weighted by molar-refractivity contribution is 14.0. The molecule has 2 N–H and O–H groups in total. The normalized spacial score (nSPS) is 23.9. The van der Waals surface area contributed by atoms with E-state index in [1.807, 2.05) is 12.1 Å². The Kier molecular flexibility index (Phi) is 9.11. The molecule has 2 fully saturated rings. The Balaban J connectivity index is 0.00000261. The van der Waals surface area contributed by atoms with E-state index in [2.05, 4.69) is 46.5 Å². The molecule has 152 valence electrons. The van der Waals surface area contributed by atoms with Crippen LogP contribution in [0.25, 0.3) is 0 Å². The third kappa shape index (κ3) is 6.80. The van der Waals surface area contributed by atoms with Crippen molar-refractivity contribution < 1.29 is 9.47 Å². The van der Waals surface area contributed by atoms with Crippen molar-refractivity contribution in [1.82, 2.24) is 15.5 Å². The van der Waals surface area contributed by atoms with Crippen LogP contribution in [0.5, 0.6) is 5.75 Å². The zero-order chi connectivity index (χ0) is 18.4. The molecule has 0 saturated carbocycles. The van der Waals surface area contributed by atoms with Gasteiger partial charge in [0.2, 0.25) is 0 Å². The first-order valence-electron chi connectivity index (χ1n) is 9.67. The van der Waals surface area contributed by atoms with Gasteiger partial charge in [0, 0.05) is 26.2 Å². The predicted octanol–water partition coefficient (Wildman–Crippen LogP) is 2.41. The summed E-state index contributed by atoms with van der Waals surface area (Å²) in [5.74, 6) is 1.69. The number of benzene rings is 1. The van der Waals surface area contributed by atoms with Gasteiger partial charge in [-0.1, -0.05) is 12.1 Å². The van der Waals surface area contributed by atoms with Crippen LogP contribution in [0.15, 0.2) is 29.3 Å². The fourth-order valence-corrected chi connectivity index (χ4v) is 3.64. The summed E-state index contributed by atoms with van der Waals surface area (Å²) in [6.07, 6.45) is 2.86. The summed E-state index contributed by atoms with van der Waals surface area (Å²) in [6, 6.07) is 8.76. The van der Waals surface area contributed by atoms with Crippen LogP contribution < -0.4 is 15.4 Å². The van der Waals surface area contributed by atoms with E-state index < -0.39 is 0 Å². The molecule has 2 aliphatic rings. The standard InChI is InChI=1S/C20H32N4O2.HI/c1-15-6-4-8-18(10-15)26-16(2)11-22-20(21-3)23-12-19-13-24-9-5-7-17(24)14-25-19;/h4,6,8,10,16-17,19H,5,7,9,11-14H2,1-3H3,(H2,21,22,23);1H. The number of guanidine groups is 1. The van der Waals surface area contributed by atoms with Crippen molar-refractivity contribution in [2.75, 3.05) is 39.8 Å². The first kappa shape index (κ1) is 22.2. The Morgan fingerprint density at radius 2 is 2.26 bits per heavy atom. The van der Waals surface area contributed by atoms with Crippen molar-refractivity contribution in [1.29, 1.82) is 0 Å². The molecule has 0 aliphatic carbocycles. The van der Waals surface area contributed by atoms with Crippen LogP contribution in [0.2, 0.25) is 0 Å². The minimum absolute atomic E-state index is 0. The first-order chi connectivity index (χ1) is 12.6. The fourth-order valence-electron chi connectivity index (χ4n) is 3.64. The third-order valence-electron chi connectivity index (χ3n) is 5.07. The molecule has 1 aromatic carbocycles. The number of nitrogens with zero attached hydrogens (tertiary/aromatic N) is 2. The van der Waals surface area contributed by atoms with Gasteiger partial charge in [0.1, 0.15) is 11.9 Å². The highest BCUT2D eigenvalue weighted by Crippen LogP contribution is 2.22. The van der Waals surface area contributed by atoms with E-state index >= 15 is 0 Å². The Morgan fingerprint density at radius 1 is 1.41 bits per heavy atom. The van der Waals surface area contributed by atoms with Crippen LogP contribution in [0, 0.1) is 6.92 Å². The minimum Gasteiger partial charge on any atom is -0.489 e. The number of morpholine rings is 1. The summed E-state index contributed by atoms with van der Waals surface area (Å²) < 4.78 is 11.9. The highest BCUT2D eigenvalue weighted by Gasteiger charge is 2.32. The summed E-state index contributed by atoms with van der Waals surface area (Å²) in [5, 5.41) is 6.71. The first-order valence-corrected chi connectivity index (χ1v) is 9.67. The van der Waals surface area contributed by atoms with E-state index in [0.29, 0.717) is 12.6 Å². The number of halogens is 1. The Morgan fingerprint density at radius 3 is 3.04 bits per heavy atom. The van der Waals surface area contributed by atoms with Crippen LogP contribution >= 0.6 is 24.0 Å². The molecule has 1 aromatic rings. The smallest absolute Gasteiger partial charge is 0.191 e. The van der Waals surface area contributed by atoms with Gasteiger partial charge in [-0.05, 0) is 50.9 Å². The van der Waals surface area contributed by atoms with Crippen LogP contribution in [0.1, 0.15) is 25.3 Å². The minimum atomic E-state index is 0. The van der Waals surface area contributed by atoms with Gasteiger partial charge in [0.05, 0.1) is 19.3 Å². The van der Waals surface area contributed by atoms with Gasteiger partial charge in [0.25, 0.3) is 0 Å². The molecule has 2 heterocycles. The second kappa shape index (κ2) is 11.1. The number of rotatable bonds is 6. The summed E-state index contributed by atoms with van der Waals surface area (Å²) in [5.41, 5.74) is 1.20. The zero-order valence-electron chi connectivity index (χ0n) is 16.6. The van der Waals surface area contributed by atoms with Gasteiger partial charge >= 0.3 is 0 Å². The molecule has 0 aromatic heterocycles. The van der Waals surface area contributed by atoms with E-state index in [4.69, 9.17) is 9.47 Å². The molecule has 3 atom stereocenters. The van der Waals surface area contributed by atoms with Crippen molar-refractivity contribution in [3.05, 3.63) is 29.8 Å². The number of aryl methyl sites for hydroxylation is 1. The van der Waals surface area contributed by atoms with E-state index in [9.17, 15) is 0 Å². The number of hydrogen-bond donors (Lipinski definition) is 2. The molecular weight excluding hydrogens is 455 g/mol. The number of hydrogen-bond acceptors (Lipinski definition) is 4.